The molecule has 0 unspecified atom stereocenters. The van der Waals surface area contributed by atoms with Crippen molar-refractivity contribution in [2.24, 2.45) is 5.73 Å². The van der Waals surface area contributed by atoms with E-state index in [1.165, 1.54) is 0 Å². The Morgan fingerprint density at radius 1 is 1.75 bits per heavy atom. The minimum atomic E-state index is 0.793. The van der Waals surface area contributed by atoms with Crippen LogP contribution in [0.25, 0.3) is 0 Å². The molecule has 0 fully saturated rings. The van der Waals surface area contributed by atoms with E-state index < -0.39 is 0 Å². The highest BCUT2D eigenvalue weighted by molar-refractivity contribution is 4.88. The second-order valence-electron chi connectivity index (χ2n) is 1.71. The van der Waals surface area contributed by atoms with Crippen LogP contribution in [0.15, 0.2) is 11.9 Å². The van der Waals surface area contributed by atoms with Gasteiger partial charge in [-0.15, -0.1) is 0 Å². The average molecular weight is 115 g/mol. The van der Waals surface area contributed by atoms with Gasteiger partial charge in [-0.05, 0) is 6.92 Å². The maximum Gasteiger partial charge on any atom is 0.0339 e. The molecule has 0 heterocycles. The molecule has 0 aliphatic rings. The topological polar surface area (TPSA) is 41.3 Å². The number of nitrogens with zero attached hydrogens (tertiary/aromatic N) is 1. The van der Waals surface area contributed by atoms with Gasteiger partial charge in [-0.3, -0.25) is 0 Å². The number of rotatable bonds is 2. The second-order valence-corrected chi connectivity index (χ2v) is 1.71. The Balaban J connectivity index is 3.51. The molecule has 8 heavy (non-hydrogen) atoms. The molecule has 0 rings (SSSR count). The Hall–Kier alpha value is -0.700. The van der Waals surface area contributed by atoms with Crippen molar-refractivity contribution in [2.75, 3.05) is 14.1 Å². The lowest BCUT2D eigenvalue weighted by atomic mass is 10.6. The van der Waals surface area contributed by atoms with Crippen molar-refractivity contribution in [1.29, 1.82) is 0 Å². The second kappa shape index (κ2) is 3.32. The van der Waals surface area contributed by atoms with Gasteiger partial charge in [0, 0.05) is 26.0 Å². The van der Waals surface area contributed by atoms with E-state index in [1.54, 1.807) is 11.2 Å². The Kier molecular flexibility index (Phi) is 3.03. The van der Waals surface area contributed by atoms with E-state index in [2.05, 4.69) is 5.43 Å². The fourth-order valence-corrected chi connectivity index (χ4v) is 0.370. The van der Waals surface area contributed by atoms with Crippen molar-refractivity contribution in [1.82, 2.24) is 10.4 Å². The highest BCUT2D eigenvalue weighted by atomic mass is 15.5. The summed E-state index contributed by atoms with van der Waals surface area (Å²) < 4.78 is 0. The summed E-state index contributed by atoms with van der Waals surface area (Å²) in [4.78, 5) is 0. The van der Waals surface area contributed by atoms with Crippen LogP contribution < -0.4 is 11.2 Å². The van der Waals surface area contributed by atoms with Gasteiger partial charge in [-0.2, -0.15) is 0 Å². The van der Waals surface area contributed by atoms with Crippen LogP contribution in [0.1, 0.15) is 6.92 Å². The Morgan fingerprint density at radius 2 is 2.25 bits per heavy atom. The monoisotopic (exact) mass is 115 g/mol. The zero-order valence-corrected chi connectivity index (χ0v) is 5.60. The zero-order valence-electron chi connectivity index (χ0n) is 5.60. The van der Waals surface area contributed by atoms with E-state index in [-0.39, 0.29) is 0 Å². The molecule has 0 spiro atoms. The molecule has 0 aromatic rings. The molecule has 0 bridgehead atoms. The third kappa shape index (κ3) is 3.49. The predicted molar refractivity (Wildman–Crippen MR) is 34.8 cm³/mol. The van der Waals surface area contributed by atoms with E-state index in [0.717, 1.165) is 5.70 Å². The molecule has 3 N–H and O–H groups in total. The first-order chi connectivity index (χ1) is 3.66. The standard InChI is InChI=1S/C5H13N3/c1-5(6)4-8(3)7-2/h4,7H,6H2,1-3H3/b5-4+. The van der Waals surface area contributed by atoms with Crippen molar-refractivity contribution >= 4 is 0 Å². The maximum absolute atomic E-state index is 5.35. The average Bonchev–Trinajstić information content (AvgIpc) is 1.65. The normalized spacial score (nSPS) is 11.6. The number of hydrazine groups is 1. The van der Waals surface area contributed by atoms with Crippen LogP contribution >= 0.6 is 0 Å². The smallest absolute Gasteiger partial charge is 0.0339 e. The lowest BCUT2D eigenvalue weighted by Gasteiger charge is -2.10. The Labute approximate surface area is 50.1 Å². The van der Waals surface area contributed by atoms with E-state index in [9.17, 15) is 0 Å². The summed E-state index contributed by atoms with van der Waals surface area (Å²) in [5.74, 6) is 0. The summed E-state index contributed by atoms with van der Waals surface area (Å²) in [6.45, 7) is 1.84. The summed E-state index contributed by atoms with van der Waals surface area (Å²) in [6.07, 6.45) is 1.81. The van der Waals surface area contributed by atoms with E-state index in [1.807, 2.05) is 21.0 Å². The van der Waals surface area contributed by atoms with Crippen LogP contribution in [0.5, 0.6) is 0 Å². The number of nitrogens with one attached hydrogen (secondary N) is 1. The highest BCUT2D eigenvalue weighted by Gasteiger charge is 1.81. The van der Waals surface area contributed by atoms with Gasteiger partial charge in [-0.1, -0.05) is 0 Å². The van der Waals surface area contributed by atoms with Crippen LogP contribution in [0.3, 0.4) is 0 Å². The van der Waals surface area contributed by atoms with E-state index >= 15 is 0 Å². The van der Waals surface area contributed by atoms with Gasteiger partial charge < -0.3 is 10.7 Å². The van der Waals surface area contributed by atoms with Gasteiger partial charge in [0.2, 0.25) is 0 Å². The van der Waals surface area contributed by atoms with Crippen molar-refractivity contribution in [3.8, 4) is 0 Å². The third-order valence-electron chi connectivity index (χ3n) is 0.750. The molecule has 0 aromatic carbocycles. The van der Waals surface area contributed by atoms with Crippen LogP contribution in [0.4, 0.5) is 0 Å². The number of hydrogen-bond donors (Lipinski definition) is 2. The predicted octanol–water partition coefficient (Wildman–Crippen LogP) is -0.127. The van der Waals surface area contributed by atoms with Crippen molar-refractivity contribution < 1.29 is 0 Å². The lowest BCUT2D eigenvalue weighted by molar-refractivity contribution is 0.362. The quantitative estimate of drug-likeness (QED) is 0.493. The first-order valence-corrected chi connectivity index (χ1v) is 2.51. The van der Waals surface area contributed by atoms with Crippen LogP contribution in [0.2, 0.25) is 0 Å². The Bertz CT molecular complexity index is 83.7. The molecule has 3 nitrogen and oxygen atoms in total. The van der Waals surface area contributed by atoms with Crippen LogP contribution in [0, 0.1) is 0 Å². The summed E-state index contributed by atoms with van der Waals surface area (Å²) in [5, 5.41) is 1.79. The number of nitrogens with two attached hydrogens (primary N) is 1. The molecular formula is C5H13N3. The molecule has 0 aromatic heterocycles. The first kappa shape index (κ1) is 7.30. The molecule has 0 aliphatic heterocycles. The fourth-order valence-electron chi connectivity index (χ4n) is 0.370. The van der Waals surface area contributed by atoms with Crippen molar-refractivity contribution in [2.45, 2.75) is 6.92 Å². The molecule has 0 atom stereocenters. The van der Waals surface area contributed by atoms with Crippen molar-refractivity contribution in [3.05, 3.63) is 11.9 Å². The minimum absolute atomic E-state index is 0.793. The molecular weight excluding hydrogens is 102 g/mol. The van der Waals surface area contributed by atoms with Crippen molar-refractivity contribution in [3.63, 3.8) is 0 Å². The van der Waals surface area contributed by atoms with Gasteiger partial charge >= 0.3 is 0 Å². The summed E-state index contributed by atoms with van der Waals surface area (Å²) >= 11 is 0. The Morgan fingerprint density at radius 3 is 2.38 bits per heavy atom. The molecule has 0 radical (unpaired) electrons. The van der Waals surface area contributed by atoms with Gasteiger partial charge in [0.1, 0.15) is 0 Å². The van der Waals surface area contributed by atoms with Gasteiger partial charge in [0.05, 0.1) is 0 Å². The molecule has 0 aliphatic carbocycles. The van der Waals surface area contributed by atoms with Crippen LogP contribution in [-0.4, -0.2) is 19.1 Å². The fraction of sp³-hybridized carbons (Fsp3) is 0.600. The van der Waals surface area contributed by atoms with Gasteiger partial charge in [0.15, 0.2) is 0 Å². The summed E-state index contributed by atoms with van der Waals surface area (Å²) in [6, 6.07) is 0. The van der Waals surface area contributed by atoms with E-state index in [4.69, 9.17) is 5.73 Å². The molecule has 48 valence electrons. The van der Waals surface area contributed by atoms with Gasteiger partial charge in [0.25, 0.3) is 0 Å². The molecule has 3 heteroatoms. The molecule has 0 amide bonds. The third-order valence-corrected chi connectivity index (χ3v) is 0.750. The molecule has 0 saturated carbocycles. The molecule has 0 saturated heterocycles. The van der Waals surface area contributed by atoms with Gasteiger partial charge in [-0.25, -0.2) is 5.43 Å². The summed E-state index contributed by atoms with van der Waals surface area (Å²) in [5.41, 5.74) is 9.01. The largest absolute Gasteiger partial charge is 0.401 e. The number of hydrogen-bond acceptors (Lipinski definition) is 3. The highest BCUT2D eigenvalue weighted by Crippen LogP contribution is 1.80. The minimum Gasteiger partial charge on any atom is -0.401 e. The number of allylic oxidation sites excluding steroid dienone is 1. The zero-order chi connectivity index (χ0) is 6.57. The first-order valence-electron chi connectivity index (χ1n) is 2.51. The maximum atomic E-state index is 5.35. The SMILES string of the molecule is CNN(C)/C=C(\C)N. The van der Waals surface area contributed by atoms with Crippen LogP contribution in [-0.2, 0) is 0 Å². The summed E-state index contributed by atoms with van der Waals surface area (Å²) in [7, 11) is 3.72. The lowest BCUT2D eigenvalue weighted by Crippen LogP contribution is -2.25. The van der Waals surface area contributed by atoms with E-state index in [0.29, 0.717) is 0 Å².